The van der Waals surface area contributed by atoms with Crippen LogP contribution in [0.15, 0.2) is 89.9 Å². The van der Waals surface area contributed by atoms with Crippen molar-refractivity contribution in [3.8, 4) is 5.82 Å². The number of aromatic nitrogens is 4. The first-order chi connectivity index (χ1) is 14.9. The zero-order valence-electron chi connectivity index (χ0n) is 15.8. The zero-order valence-corrected chi connectivity index (χ0v) is 15.8. The molecule has 5 heterocycles. The number of hydrogen-bond donors (Lipinski definition) is 0. The monoisotopic (exact) mass is 386 g/mol. The molecule has 140 valence electrons. The summed E-state index contributed by atoms with van der Waals surface area (Å²) in [6.45, 7) is 0. The van der Waals surface area contributed by atoms with E-state index >= 15 is 0 Å². The molecule has 30 heavy (non-hydrogen) atoms. The number of nitrogens with zero attached hydrogens (tertiary/aromatic N) is 4. The van der Waals surface area contributed by atoms with Gasteiger partial charge < -0.3 is 4.42 Å². The molecule has 7 rings (SSSR count). The molecular formula is C25H14N4O. The first-order valence-corrected chi connectivity index (χ1v) is 9.79. The van der Waals surface area contributed by atoms with Gasteiger partial charge in [0.1, 0.15) is 17.0 Å². The van der Waals surface area contributed by atoms with Crippen LogP contribution in [0.25, 0.3) is 60.5 Å². The Balaban J connectivity index is 1.91. The second-order valence-corrected chi connectivity index (χ2v) is 7.34. The lowest BCUT2D eigenvalue weighted by atomic mass is 10.0. The van der Waals surface area contributed by atoms with E-state index in [1.807, 2.05) is 73.3 Å². The van der Waals surface area contributed by atoms with E-state index in [-0.39, 0.29) is 0 Å². The van der Waals surface area contributed by atoms with Gasteiger partial charge in [0, 0.05) is 46.3 Å². The molecule has 0 spiro atoms. The molecule has 0 radical (unpaired) electrons. The van der Waals surface area contributed by atoms with Gasteiger partial charge in [-0.2, -0.15) is 0 Å². The first-order valence-electron chi connectivity index (χ1n) is 9.79. The van der Waals surface area contributed by atoms with E-state index in [1.165, 1.54) is 0 Å². The molecule has 5 nitrogen and oxygen atoms in total. The average molecular weight is 386 g/mol. The third-order valence-corrected chi connectivity index (χ3v) is 5.77. The van der Waals surface area contributed by atoms with Crippen LogP contribution in [0.1, 0.15) is 0 Å². The number of pyridine rings is 3. The summed E-state index contributed by atoms with van der Waals surface area (Å²) in [6.07, 6.45) is 7.37. The predicted octanol–water partition coefficient (Wildman–Crippen LogP) is 6.02. The molecule has 0 N–H and O–H groups in total. The van der Waals surface area contributed by atoms with Crippen LogP contribution >= 0.6 is 0 Å². The molecule has 0 aliphatic heterocycles. The Morgan fingerprint density at radius 1 is 0.700 bits per heavy atom. The molecule has 5 aromatic heterocycles. The van der Waals surface area contributed by atoms with Crippen LogP contribution in [-0.4, -0.2) is 19.5 Å². The highest BCUT2D eigenvalue weighted by Gasteiger charge is 2.23. The number of furan rings is 1. The standard InChI is InChI=1S/C25H14N4O/c1-2-8-19-16(6-1)22-24-21(17-14-26-13-10-15(17)25(22)30-19)23-18(7-5-12-28-23)29(24)20-9-3-4-11-27-20/h1-14H. The fraction of sp³-hybridized carbons (Fsp3) is 0. The van der Waals surface area contributed by atoms with Crippen molar-refractivity contribution in [2.45, 2.75) is 0 Å². The number of fused-ring (bicyclic) bond motifs is 10. The second kappa shape index (κ2) is 5.64. The van der Waals surface area contributed by atoms with Gasteiger partial charge in [-0.05, 0) is 36.4 Å². The maximum Gasteiger partial charge on any atom is 0.145 e. The van der Waals surface area contributed by atoms with Gasteiger partial charge in [0.15, 0.2) is 0 Å². The number of hydrogen-bond acceptors (Lipinski definition) is 4. The summed E-state index contributed by atoms with van der Waals surface area (Å²) in [5.41, 5.74) is 4.71. The normalized spacial score (nSPS) is 12.0. The molecule has 2 aromatic carbocycles. The lowest BCUT2D eigenvalue weighted by Gasteiger charge is -2.08. The summed E-state index contributed by atoms with van der Waals surface area (Å²) in [4.78, 5) is 13.8. The second-order valence-electron chi connectivity index (χ2n) is 7.34. The molecule has 5 heteroatoms. The Bertz CT molecular complexity index is 1750. The topological polar surface area (TPSA) is 56.7 Å². The molecule has 0 aliphatic rings. The smallest absolute Gasteiger partial charge is 0.145 e. The number of para-hydroxylation sites is 1. The zero-order chi connectivity index (χ0) is 19.7. The van der Waals surface area contributed by atoms with E-state index in [9.17, 15) is 0 Å². The van der Waals surface area contributed by atoms with Gasteiger partial charge >= 0.3 is 0 Å². The van der Waals surface area contributed by atoms with Gasteiger partial charge in [0.05, 0.1) is 21.9 Å². The molecule has 0 atom stereocenters. The lowest BCUT2D eigenvalue weighted by molar-refractivity contribution is 0.673. The van der Waals surface area contributed by atoms with Crippen molar-refractivity contribution in [2.24, 2.45) is 0 Å². The van der Waals surface area contributed by atoms with Crippen molar-refractivity contribution in [3.05, 3.63) is 85.5 Å². The Hall–Kier alpha value is -4.25. The summed E-state index contributed by atoms with van der Waals surface area (Å²) in [6, 6.07) is 20.2. The van der Waals surface area contributed by atoms with Crippen LogP contribution in [0.3, 0.4) is 0 Å². The van der Waals surface area contributed by atoms with E-state index in [4.69, 9.17) is 9.40 Å². The Kier molecular flexibility index (Phi) is 2.94. The highest BCUT2D eigenvalue weighted by Crippen LogP contribution is 2.44. The van der Waals surface area contributed by atoms with E-state index in [2.05, 4.69) is 26.7 Å². The van der Waals surface area contributed by atoms with Crippen LogP contribution < -0.4 is 0 Å². The Morgan fingerprint density at radius 3 is 2.53 bits per heavy atom. The SMILES string of the molecule is c1ccc(-n2c3cccnc3c3c4cnccc4c4oc5ccccc5c4c32)nc1. The fourth-order valence-electron chi connectivity index (χ4n) is 4.59. The summed E-state index contributed by atoms with van der Waals surface area (Å²) in [5, 5.41) is 5.28. The van der Waals surface area contributed by atoms with Gasteiger partial charge in [-0.25, -0.2) is 4.98 Å². The molecular weight excluding hydrogens is 372 g/mol. The summed E-state index contributed by atoms with van der Waals surface area (Å²) >= 11 is 0. The van der Waals surface area contributed by atoms with Crippen molar-refractivity contribution in [1.29, 1.82) is 0 Å². The van der Waals surface area contributed by atoms with Crippen molar-refractivity contribution in [1.82, 2.24) is 19.5 Å². The van der Waals surface area contributed by atoms with Crippen LogP contribution in [0.5, 0.6) is 0 Å². The Morgan fingerprint density at radius 2 is 1.60 bits per heavy atom. The minimum absolute atomic E-state index is 0.848. The van der Waals surface area contributed by atoms with Crippen molar-refractivity contribution >= 4 is 54.6 Å². The largest absolute Gasteiger partial charge is 0.455 e. The number of rotatable bonds is 1. The number of benzene rings is 2. The van der Waals surface area contributed by atoms with Crippen molar-refractivity contribution in [2.75, 3.05) is 0 Å². The van der Waals surface area contributed by atoms with E-state index < -0.39 is 0 Å². The van der Waals surface area contributed by atoms with Crippen molar-refractivity contribution in [3.63, 3.8) is 0 Å². The van der Waals surface area contributed by atoms with Crippen molar-refractivity contribution < 1.29 is 4.42 Å². The van der Waals surface area contributed by atoms with Crippen LogP contribution in [-0.2, 0) is 0 Å². The van der Waals surface area contributed by atoms with Gasteiger partial charge in [-0.15, -0.1) is 0 Å². The van der Waals surface area contributed by atoms with Gasteiger partial charge in [-0.1, -0.05) is 24.3 Å². The van der Waals surface area contributed by atoms with E-state index in [0.29, 0.717) is 0 Å². The molecule has 0 saturated carbocycles. The summed E-state index contributed by atoms with van der Waals surface area (Å²) in [7, 11) is 0. The molecule has 0 fully saturated rings. The van der Waals surface area contributed by atoms with Crippen LogP contribution in [0.4, 0.5) is 0 Å². The van der Waals surface area contributed by atoms with Crippen LogP contribution in [0, 0.1) is 0 Å². The van der Waals surface area contributed by atoms with Gasteiger partial charge in [0.2, 0.25) is 0 Å². The summed E-state index contributed by atoms with van der Waals surface area (Å²) < 4.78 is 8.57. The molecule has 0 amide bonds. The third kappa shape index (κ3) is 1.89. The van der Waals surface area contributed by atoms with E-state index in [1.54, 1.807) is 0 Å². The van der Waals surface area contributed by atoms with Crippen LogP contribution in [0.2, 0.25) is 0 Å². The maximum absolute atomic E-state index is 6.38. The Labute approximate surface area is 170 Å². The molecule has 0 saturated heterocycles. The van der Waals surface area contributed by atoms with E-state index in [0.717, 1.165) is 60.5 Å². The third-order valence-electron chi connectivity index (χ3n) is 5.77. The molecule has 0 unspecified atom stereocenters. The van der Waals surface area contributed by atoms with Gasteiger partial charge in [-0.3, -0.25) is 14.5 Å². The van der Waals surface area contributed by atoms with Gasteiger partial charge in [0.25, 0.3) is 0 Å². The molecule has 0 aliphatic carbocycles. The quantitative estimate of drug-likeness (QED) is 0.346. The molecule has 0 bridgehead atoms. The predicted molar refractivity (Wildman–Crippen MR) is 119 cm³/mol. The molecule has 7 aromatic rings. The minimum Gasteiger partial charge on any atom is -0.455 e. The lowest BCUT2D eigenvalue weighted by Crippen LogP contribution is -1.97. The highest BCUT2D eigenvalue weighted by atomic mass is 16.3. The fourth-order valence-corrected chi connectivity index (χ4v) is 4.59. The summed E-state index contributed by atoms with van der Waals surface area (Å²) in [5.74, 6) is 0.848. The average Bonchev–Trinajstić information content (AvgIpc) is 3.36. The minimum atomic E-state index is 0.848. The maximum atomic E-state index is 6.38. The highest BCUT2D eigenvalue weighted by molar-refractivity contribution is 6.34. The first kappa shape index (κ1) is 15.6.